The SMILES string of the molecule is O=c1[nH]cnc2ccc(-c3cnc(Oc4ccccc4)nc3)cc12. The molecule has 0 aliphatic rings. The lowest BCUT2D eigenvalue weighted by Crippen LogP contribution is -2.06. The van der Waals surface area contributed by atoms with Gasteiger partial charge in [-0.15, -0.1) is 0 Å². The molecule has 2 aromatic heterocycles. The molecule has 116 valence electrons. The molecule has 0 radical (unpaired) electrons. The standard InChI is InChI=1S/C18H12N4O2/c23-17-15-8-12(6-7-16(15)21-11-22-17)13-9-19-18(20-10-13)24-14-4-2-1-3-5-14/h1-11H,(H,21,22,23). The van der Waals surface area contributed by atoms with Crippen molar-refractivity contribution in [2.24, 2.45) is 0 Å². The summed E-state index contributed by atoms with van der Waals surface area (Å²) in [5.74, 6) is 0.675. The van der Waals surface area contributed by atoms with Gasteiger partial charge in [0, 0.05) is 18.0 Å². The van der Waals surface area contributed by atoms with E-state index in [9.17, 15) is 4.79 Å². The molecule has 2 aromatic carbocycles. The molecule has 0 unspecified atom stereocenters. The molecular formula is C18H12N4O2. The number of H-pyrrole nitrogens is 1. The highest BCUT2D eigenvalue weighted by Gasteiger charge is 2.06. The molecule has 0 fully saturated rings. The van der Waals surface area contributed by atoms with Gasteiger partial charge >= 0.3 is 6.01 Å². The number of aromatic nitrogens is 4. The first-order valence-electron chi connectivity index (χ1n) is 7.32. The number of hydrogen-bond acceptors (Lipinski definition) is 5. The fraction of sp³-hybridized carbons (Fsp3) is 0. The van der Waals surface area contributed by atoms with Crippen molar-refractivity contribution in [3.8, 4) is 22.9 Å². The van der Waals surface area contributed by atoms with Crippen LogP contribution < -0.4 is 10.3 Å². The molecule has 0 aliphatic heterocycles. The van der Waals surface area contributed by atoms with Crippen LogP contribution in [0.2, 0.25) is 0 Å². The first kappa shape index (κ1) is 14.1. The molecule has 0 saturated carbocycles. The summed E-state index contributed by atoms with van der Waals surface area (Å²) in [4.78, 5) is 27.0. The summed E-state index contributed by atoms with van der Waals surface area (Å²) < 4.78 is 5.57. The Bertz CT molecular complexity index is 1040. The van der Waals surface area contributed by atoms with Gasteiger partial charge in [-0.05, 0) is 29.8 Å². The second-order valence-electron chi connectivity index (χ2n) is 5.13. The van der Waals surface area contributed by atoms with Gasteiger partial charge in [0.1, 0.15) is 5.75 Å². The maximum absolute atomic E-state index is 11.9. The zero-order chi connectivity index (χ0) is 16.4. The van der Waals surface area contributed by atoms with Crippen LogP contribution in [0.5, 0.6) is 11.8 Å². The van der Waals surface area contributed by atoms with Crippen LogP contribution in [0, 0.1) is 0 Å². The Morgan fingerprint density at radius 1 is 0.875 bits per heavy atom. The van der Waals surface area contributed by atoms with E-state index in [4.69, 9.17) is 4.74 Å². The van der Waals surface area contributed by atoms with Crippen molar-refractivity contribution in [1.29, 1.82) is 0 Å². The molecule has 24 heavy (non-hydrogen) atoms. The van der Waals surface area contributed by atoms with Gasteiger partial charge < -0.3 is 9.72 Å². The predicted molar refractivity (Wildman–Crippen MR) is 89.9 cm³/mol. The largest absolute Gasteiger partial charge is 0.424 e. The van der Waals surface area contributed by atoms with E-state index < -0.39 is 0 Å². The van der Waals surface area contributed by atoms with Crippen LogP contribution in [0.25, 0.3) is 22.0 Å². The molecule has 0 amide bonds. The van der Waals surface area contributed by atoms with Crippen LogP contribution in [0.3, 0.4) is 0 Å². The quantitative estimate of drug-likeness (QED) is 0.628. The summed E-state index contributed by atoms with van der Waals surface area (Å²) in [6, 6.07) is 15.1. The fourth-order valence-electron chi connectivity index (χ4n) is 2.36. The van der Waals surface area contributed by atoms with Gasteiger partial charge in [-0.25, -0.2) is 15.0 Å². The fourth-order valence-corrected chi connectivity index (χ4v) is 2.36. The topological polar surface area (TPSA) is 80.8 Å². The van der Waals surface area contributed by atoms with Crippen molar-refractivity contribution in [1.82, 2.24) is 19.9 Å². The van der Waals surface area contributed by atoms with Crippen molar-refractivity contribution in [2.45, 2.75) is 0 Å². The van der Waals surface area contributed by atoms with E-state index in [0.29, 0.717) is 16.7 Å². The number of nitrogens with zero attached hydrogens (tertiary/aromatic N) is 3. The van der Waals surface area contributed by atoms with Gasteiger partial charge in [0.25, 0.3) is 5.56 Å². The molecule has 0 saturated heterocycles. The summed E-state index contributed by atoms with van der Waals surface area (Å²) >= 11 is 0. The van der Waals surface area contributed by atoms with Gasteiger partial charge in [-0.3, -0.25) is 4.79 Å². The molecular weight excluding hydrogens is 304 g/mol. The van der Waals surface area contributed by atoms with E-state index in [-0.39, 0.29) is 11.6 Å². The lowest BCUT2D eigenvalue weighted by atomic mass is 10.1. The van der Waals surface area contributed by atoms with Crippen LogP contribution in [-0.4, -0.2) is 19.9 Å². The minimum absolute atomic E-state index is 0.174. The maximum Gasteiger partial charge on any atom is 0.321 e. The Kier molecular flexibility index (Phi) is 3.47. The van der Waals surface area contributed by atoms with Gasteiger partial charge in [-0.2, -0.15) is 0 Å². The summed E-state index contributed by atoms with van der Waals surface area (Å²) in [6.45, 7) is 0. The minimum atomic E-state index is -0.174. The Balaban J connectivity index is 1.65. The summed E-state index contributed by atoms with van der Waals surface area (Å²) in [5, 5.41) is 0.527. The van der Waals surface area contributed by atoms with E-state index in [0.717, 1.165) is 11.1 Å². The lowest BCUT2D eigenvalue weighted by molar-refractivity contribution is 0.442. The number of fused-ring (bicyclic) bond motifs is 1. The van der Waals surface area contributed by atoms with Crippen LogP contribution in [0.1, 0.15) is 0 Å². The van der Waals surface area contributed by atoms with Gasteiger partial charge in [0.2, 0.25) is 0 Å². The van der Waals surface area contributed by atoms with E-state index in [1.165, 1.54) is 6.33 Å². The third-order valence-corrected chi connectivity index (χ3v) is 3.55. The van der Waals surface area contributed by atoms with E-state index in [1.54, 1.807) is 24.5 Å². The zero-order valence-corrected chi connectivity index (χ0v) is 12.5. The monoisotopic (exact) mass is 316 g/mol. The maximum atomic E-state index is 11.9. The van der Waals surface area contributed by atoms with Crippen molar-refractivity contribution in [3.63, 3.8) is 0 Å². The predicted octanol–water partition coefficient (Wildman–Crippen LogP) is 3.17. The smallest absolute Gasteiger partial charge is 0.321 e. The number of para-hydroxylation sites is 1. The Morgan fingerprint density at radius 2 is 1.67 bits per heavy atom. The molecule has 0 aliphatic carbocycles. The van der Waals surface area contributed by atoms with Crippen molar-refractivity contribution < 1.29 is 4.74 Å². The molecule has 0 spiro atoms. The molecule has 6 nitrogen and oxygen atoms in total. The number of ether oxygens (including phenoxy) is 1. The average molecular weight is 316 g/mol. The molecule has 0 bridgehead atoms. The number of aromatic amines is 1. The van der Waals surface area contributed by atoms with Crippen LogP contribution >= 0.6 is 0 Å². The highest BCUT2D eigenvalue weighted by atomic mass is 16.5. The first-order chi connectivity index (χ1) is 11.8. The zero-order valence-electron chi connectivity index (χ0n) is 12.5. The molecule has 4 aromatic rings. The molecule has 4 rings (SSSR count). The normalized spacial score (nSPS) is 10.7. The Hall–Kier alpha value is -3.54. The van der Waals surface area contributed by atoms with E-state index >= 15 is 0 Å². The van der Waals surface area contributed by atoms with E-state index in [1.807, 2.05) is 36.4 Å². The lowest BCUT2D eigenvalue weighted by Gasteiger charge is -2.05. The van der Waals surface area contributed by atoms with E-state index in [2.05, 4.69) is 19.9 Å². The Labute approximate surface area is 136 Å². The van der Waals surface area contributed by atoms with Gasteiger partial charge in [0.15, 0.2) is 0 Å². The summed E-state index contributed by atoms with van der Waals surface area (Å²) in [5.41, 5.74) is 2.10. The second-order valence-corrected chi connectivity index (χ2v) is 5.13. The number of benzene rings is 2. The second kappa shape index (κ2) is 5.92. The highest BCUT2D eigenvalue weighted by molar-refractivity contribution is 5.83. The molecule has 6 heteroatoms. The number of hydrogen-bond donors (Lipinski definition) is 1. The average Bonchev–Trinajstić information content (AvgIpc) is 2.63. The highest BCUT2D eigenvalue weighted by Crippen LogP contribution is 2.23. The van der Waals surface area contributed by atoms with Crippen LogP contribution in [-0.2, 0) is 0 Å². The van der Waals surface area contributed by atoms with Gasteiger partial charge in [0.05, 0.1) is 17.2 Å². The van der Waals surface area contributed by atoms with Crippen LogP contribution in [0.15, 0.2) is 72.0 Å². The molecule has 0 atom stereocenters. The third kappa shape index (κ3) is 2.72. The van der Waals surface area contributed by atoms with Crippen LogP contribution in [0.4, 0.5) is 0 Å². The first-order valence-corrected chi connectivity index (χ1v) is 7.32. The summed E-state index contributed by atoms with van der Waals surface area (Å²) in [7, 11) is 0. The number of rotatable bonds is 3. The van der Waals surface area contributed by atoms with Gasteiger partial charge in [-0.1, -0.05) is 24.3 Å². The van der Waals surface area contributed by atoms with Crippen molar-refractivity contribution in [3.05, 3.63) is 77.6 Å². The Morgan fingerprint density at radius 3 is 2.46 bits per heavy atom. The molecule has 2 heterocycles. The van der Waals surface area contributed by atoms with Crippen molar-refractivity contribution >= 4 is 10.9 Å². The molecule has 1 N–H and O–H groups in total. The summed E-state index contributed by atoms with van der Waals surface area (Å²) in [6.07, 6.45) is 4.72. The van der Waals surface area contributed by atoms with Crippen molar-refractivity contribution in [2.75, 3.05) is 0 Å². The minimum Gasteiger partial charge on any atom is -0.424 e. The third-order valence-electron chi connectivity index (χ3n) is 3.55. The number of nitrogens with one attached hydrogen (secondary N) is 1.